The zero-order chi connectivity index (χ0) is 20.1. The molecule has 0 bridgehead atoms. The van der Waals surface area contributed by atoms with Crippen LogP contribution >= 0.6 is 11.6 Å². The van der Waals surface area contributed by atoms with Gasteiger partial charge in [-0.1, -0.05) is 11.6 Å². The minimum atomic E-state index is -0.114. The maximum absolute atomic E-state index is 12.9. The van der Waals surface area contributed by atoms with E-state index in [1.807, 2.05) is 13.0 Å². The maximum atomic E-state index is 12.9. The third-order valence-corrected chi connectivity index (χ3v) is 4.99. The topological polar surface area (TPSA) is 62.7 Å². The van der Waals surface area contributed by atoms with Crippen LogP contribution in [0, 0.1) is 6.92 Å². The second-order valence-electron chi connectivity index (χ2n) is 6.90. The molecule has 0 fully saturated rings. The molecule has 1 aromatic heterocycles. The summed E-state index contributed by atoms with van der Waals surface area (Å²) in [5.74, 6) is 0.303. The number of benzene rings is 1. The first-order valence-corrected chi connectivity index (χ1v) is 9.73. The van der Waals surface area contributed by atoms with Gasteiger partial charge in [0, 0.05) is 37.1 Å². The number of hydrogen-bond donors (Lipinski definition) is 0. The second kappa shape index (κ2) is 9.06. The van der Waals surface area contributed by atoms with Crippen molar-refractivity contribution in [3.8, 4) is 5.75 Å². The highest BCUT2D eigenvalue weighted by Crippen LogP contribution is 2.25. The molecule has 2 amide bonds. The lowest BCUT2D eigenvalue weighted by atomic mass is 10.1. The molecule has 148 valence electrons. The highest BCUT2D eigenvalue weighted by Gasteiger charge is 2.21. The van der Waals surface area contributed by atoms with Gasteiger partial charge in [0.05, 0.1) is 17.7 Å². The van der Waals surface area contributed by atoms with E-state index in [1.54, 1.807) is 47.3 Å². The van der Waals surface area contributed by atoms with Crippen molar-refractivity contribution in [2.75, 3.05) is 33.3 Å². The van der Waals surface area contributed by atoms with Gasteiger partial charge in [0.2, 0.25) is 0 Å². The minimum absolute atomic E-state index is 0.0612. The smallest absolute Gasteiger partial charge is 0.257 e. The van der Waals surface area contributed by atoms with E-state index in [0.717, 1.165) is 18.5 Å². The molecule has 28 heavy (non-hydrogen) atoms. The largest absolute Gasteiger partial charge is 0.491 e. The molecule has 0 N–H and O–H groups in total. The number of fused-ring (bicyclic) bond motifs is 1. The van der Waals surface area contributed by atoms with Gasteiger partial charge in [-0.05, 0) is 50.1 Å². The summed E-state index contributed by atoms with van der Waals surface area (Å²) in [6.07, 6.45) is 3.21. The van der Waals surface area contributed by atoms with Gasteiger partial charge in [-0.25, -0.2) is 0 Å². The normalized spacial score (nSPS) is 15.9. The van der Waals surface area contributed by atoms with Gasteiger partial charge in [-0.15, -0.1) is 0 Å². The fraction of sp³-hybridized carbons (Fsp3) is 0.381. The van der Waals surface area contributed by atoms with Crippen molar-refractivity contribution in [1.82, 2.24) is 14.8 Å². The molecule has 6 nitrogen and oxygen atoms in total. The van der Waals surface area contributed by atoms with Crippen LogP contribution in [0.15, 0.2) is 36.5 Å². The van der Waals surface area contributed by atoms with Gasteiger partial charge in [0.1, 0.15) is 12.4 Å². The number of nitrogens with zero attached hydrogens (tertiary/aromatic N) is 3. The molecule has 0 atom stereocenters. The molecule has 0 unspecified atom stereocenters. The average molecular weight is 402 g/mol. The van der Waals surface area contributed by atoms with E-state index in [2.05, 4.69) is 4.98 Å². The number of hydrogen-bond acceptors (Lipinski definition) is 4. The molecule has 3 rings (SSSR count). The summed E-state index contributed by atoms with van der Waals surface area (Å²) in [6.45, 7) is 3.81. The quantitative estimate of drug-likeness (QED) is 0.734. The number of rotatable bonds is 1. The Morgan fingerprint density at radius 2 is 1.93 bits per heavy atom. The van der Waals surface area contributed by atoms with Crippen molar-refractivity contribution >= 4 is 23.4 Å². The van der Waals surface area contributed by atoms with Gasteiger partial charge in [0.25, 0.3) is 11.8 Å². The van der Waals surface area contributed by atoms with Gasteiger partial charge in [-0.3, -0.25) is 14.6 Å². The van der Waals surface area contributed by atoms with Crippen LogP contribution in [0.1, 0.15) is 39.3 Å². The second-order valence-corrected chi connectivity index (χ2v) is 7.34. The summed E-state index contributed by atoms with van der Waals surface area (Å²) in [5, 5.41) is 0.486. The van der Waals surface area contributed by atoms with E-state index in [9.17, 15) is 9.59 Å². The van der Waals surface area contributed by atoms with Crippen molar-refractivity contribution < 1.29 is 14.3 Å². The number of aryl methyl sites for hydroxylation is 1. The van der Waals surface area contributed by atoms with Crippen LogP contribution < -0.4 is 4.74 Å². The average Bonchev–Trinajstić information content (AvgIpc) is 2.69. The van der Waals surface area contributed by atoms with E-state index in [4.69, 9.17) is 16.3 Å². The van der Waals surface area contributed by atoms with Crippen LogP contribution in [-0.4, -0.2) is 59.9 Å². The molecule has 0 spiro atoms. The summed E-state index contributed by atoms with van der Waals surface area (Å²) in [4.78, 5) is 33.3. The number of aromatic nitrogens is 1. The first-order chi connectivity index (χ1) is 13.5. The Balaban J connectivity index is 1.80. The van der Waals surface area contributed by atoms with E-state index in [-0.39, 0.29) is 18.4 Å². The SMILES string of the molecule is Cc1ccc(C(=O)N2CCCCN(C)C(=O)c3cc(Cl)ccc3OCC2)cn1. The van der Waals surface area contributed by atoms with Crippen molar-refractivity contribution in [1.29, 1.82) is 0 Å². The summed E-state index contributed by atoms with van der Waals surface area (Å²) in [5.41, 5.74) is 1.88. The molecule has 2 heterocycles. The molecule has 7 heteroatoms. The third kappa shape index (κ3) is 4.81. The molecular weight excluding hydrogens is 378 g/mol. The monoisotopic (exact) mass is 401 g/mol. The van der Waals surface area contributed by atoms with Crippen LogP contribution in [-0.2, 0) is 0 Å². The number of carbonyl (C=O) groups excluding carboxylic acids is 2. The number of halogens is 1. The van der Waals surface area contributed by atoms with Crippen molar-refractivity contribution in [3.63, 3.8) is 0 Å². The maximum Gasteiger partial charge on any atom is 0.257 e. The Labute approximate surface area is 170 Å². The van der Waals surface area contributed by atoms with E-state index in [1.165, 1.54) is 0 Å². The zero-order valence-electron chi connectivity index (χ0n) is 16.2. The van der Waals surface area contributed by atoms with Crippen LogP contribution in [0.4, 0.5) is 0 Å². The zero-order valence-corrected chi connectivity index (χ0v) is 16.9. The van der Waals surface area contributed by atoms with Gasteiger partial charge in [-0.2, -0.15) is 0 Å². The van der Waals surface area contributed by atoms with Crippen LogP contribution in [0.25, 0.3) is 0 Å². The molecular formula is C21H24ClN3O3. The Morgan fingerprint density at radius 1 is 1.14 bits per heavy atom. The lowest BCUT2D eigenvalue weighted by Crippen LogP contribution is -2.37. The highest BCUT2D eigenvalue weighted by atomic mass is 35.5. The van der Waals surface area contributed by atoms with Gasteiger partial charge >= 0.3 is 0 Å². The van der Waals surface area contributed by atoms with Crippen molar-refractivity contribution in [2.24, 2.45) is 0 Å². The van der Waals surface area contributed by atoms with Crippen molar-refractivity contribution in [3.05, 3.63) is 58.4 Å². The Hall–Kier alpha value is -2.60. The lowest BCUT2D eigenvalue weighted by molar-refractivity contribution is 0.0703. The summed E-state index contributed by atoms with van der Waals surface area (Å²) < 4.78 is 5.85. The molecule has 0 saturated carbocycles. The number of pyridine rings is 1. The molecule has 0 saturated heterocycles. The predicted octanol–water partition coefficient (Wildman–Crippen LogP) is 3.43. The fourth-order valence-electron chi connectivity index (χ4n) is 3.11. The first-order valence-electron chi connectivity index (χ1n) is 9.35. The molecule has 1 aromatic carbocycles. The summed E-state index contributed by atoms with van der Waals surface area (Å²) in [6, 6.07) is 8.65. The Kier molecular flexibility index (Phi) is 6.52. The minimum Gasteiger partial charge on any atom is -0.491 e. The molecule has 1 aliphatic heterocycles. The first kappa shape index (κ1) is 20.1. The molecule has 0 radical (unpaired) electrons. The summed E-state index contributed by atoms with van der Waals surface area (Å²) in [7, 11) is 1.76. The number of ether oxygens (including phenoxy) is 1. The van der Waals surface area contributed by atoms with E-state index < -0.39 is 0 Å². The third-order valence-electron chi connectivity index (χ3n) is 4.75. The molecule has 2 aromatic rings. The van der Waals surface area contributed by atoms with Crippen molar-refractivity contribution in [2.45, 2.75) is 19.8 Å². The Morgan fingerprint density at radius 3 is 2.68 bits per heavy atom. The van der Waals surface area contributed by atoms with Gasteiger partial charge < -0.3 is 14.5 Å². The number of amides is 2. The molecule has 0 aliphatic carbocycles. The van der Waals surface area contributed by atoms with Crippen LogP contribution in [0.5, 0.6) is 5.75 Å². The fourth-order valence-corrected chi connectivity index (χ4v) is 3.28. The van der Waals surface area contributed by atoms with Gasteiger partial charge in [0.15, 0.2) is 0 Å². The van der Waals surface area contributed by atoms with Crippen LogP contribution in [0.3, 0.4) is 0 Å². The lowest BCUT2D eigenvalue weighted by Gasteiger charge is -2.26. The summed E-state index contributed by atoms with van der Waals surface area (Å²) >= 11 is 6.07. The molecule has 1 aliphatic rings. The standard InChI is InChI=1S/C21H24ClN3O3/c1-15-5-6-16(14-23-15)20(26)25-10-4-3-9-24(2)21(27)18-13-17(22)7-8-19(18)28-12-11-25/h5-8,13-14H,3-4,9-12H2,1-2H3. The Bertz CT molecular complexity index is 854. The van der Waals surface area contributed by atoms with E-state index in [0.29, 0.717) is 41.5 Å². The number of carbonyl (C=O) groups is 2. The highest BCUT2D eigenvalue weighted by molar-refractivity contribution is 6.31. The predicted molar refractivity (Wildman–Crippen MR) is 108 cm³/mol. The van der Waals surface area contributed by atoms with Crippen LogP contribution in [0.2, 0.25) is 5.02 Å². The van der Waals surface area contributed by atoms with E-state index >= 15 is 0 Å².